The number of rotatable bonds is 9. The summed E-state index contributed by atoms with van der Waals surface area (Å²) < 4.78 is 1.98. The maximum atomic E-state index is 12.4. The lowest BCUT2D eigenvalue weighted by atomic mass is 10.2. The van der Waals surface area contributed by atoms with E-state index in [-0.39, 0.29) is 21.7 Å². The average Bonchev–Trinajstić information content (AvgIpc) is 3.12. The Bertz CT molecular complexity index is 1100. The Kier molecular flexibility index (Phi) is 9.73. The maximum absolute atomic E-state index is 12.4. The molecule has 2 aromatic carbocycles. The summed E-state index contributed by atoms with van der Waals surface area (Å²) in [6.07, 6.45) is 0. The molecule has 3 aromatic rings. The first-order chi connectivity index (χ1) is 15.3. The second-order valence-corrected chi connectivity index (χ2v) is 10.5. The molecule has 0 saturated heterocycles. The van der Waals surface area contributed by atoms with E-state index < -0.39 is 0 Å². The minimum Gasteiger partial charge on any atom is -0.323 e. The third-order valence-corrected chi connectivity index (χ3v) is 7.56. The summed E-state index contributed by atoms with van der Waals surface area (Å²) in [5, 5.41) is 14.1. The molecule has 0 radical (unpaired) electrons. The Morgan fingerprint density at radius 1 is 0.969 bits per heavy atom. The zero-order chi connectivity index (χ0) is 23.3. The standard InChI is InChI=1S/C20H17Cl5N4OS2/c1-2-29-17(9-31-8-11-3-4-12(21)5-14(11)23)27-28-20(29)32-10-18(30)26-19-15(24)6-13(22)7-16(19)25/h3-7H,2,8-10H2,1H3,(H,26,30). The van der Waals surface area contributed by atoms with Gasteiger partial charge in [-0.3, -0.25) is 4.79 Å². The number of benzene rings is 2. The molecule has 1 heterocycles. The molecule has 0 atom stereocenters. The van der Waals surface area contributed by atoms with Gasteiger partial charge in [-0.1, -0.05) is 75.8 Å². The van der Waals surface area contributed by atoms with E-state index in [1.807, 2.05) is 23.6 Å². The summed E-state index contributed by atoms with van der Waals surface area (Å²) in [6, 6.07) is 8.51. The van der Waals surface area contributed by atoms with Crippen molar-refractivity contribution in [3.63, 3.8) is 0 Å². The first-order valence-electron chi connectivity index (χ1n) is 9.29. The van der Waals surface area contributed by atoms with E-state index in [2.05, 4.69) is 15.5 Å². The number of hydrogen-bond acceptors (Lipinski definition) is 5. The van der Waals surface area contributed by atoms with Gasteiger partial charge in [0, 0.05) is 27.4 Å². The normalized spacial score (nSPS) is 11.1. The van der Waals surface area contributed by atoms with Crippen LogP contribution in [0.4, 0.5) is 5.69 Å². The fourth-order valence-corrected chi connectivity index (χ4v) is 5.97. The molecule has 0 saturated carbocycles. The highest BCUT2D eigenvalue weighted by molar-refractivity contribution is 7.99. The summed E-state index contributed by atoms with van der Waals surface area (Å²) in [4.78, 5) is 12.4. The lowest BCUT2D eigenvalue weighted by Crippen LogP contribution is -2.15. The monoisotopic (exact) mass is 568 g/mol. The van der Waals surface area contributed by atoms with Crippen molar-refractivity contribution < 1.29 is 4.79 Å². The zero-order valence-electron chi connectivity index (χ0n) is 16.7. The number of aromatic nitrogens is 3. The third kappa shape index (κ3) is 6.86. The Hall–Kier alpha value is -0.800. The molecule has 0 aliphatic carbocycles. The lowest BCUT2D eigenvalue weighted by molar-refractivity contribution is -0.113. The van der Waals surface area contributed by atoms with E-state index in [1.165, 1.54) is 23.9 Å². The van der Waals surface area contributed by atoms with Crippen molar-refractivity contribution in [1.29, 1.82) is 0 Å². The van der Waals surface area contributed by atoms with Gasteiger partial charge in [-0.2, -0.15) is 0 Å². The largest absolute Gasteiger partial charge is 0.323 e. The Morgan fingerprint density at radius 3 is 2.31 bits per heavy atom. The van der Waals surface area contributed by atoms with Gasteiger partial charge in [0.25, 0.3) is 0 Å². The fraction of sp³-hybridized carbons (Fsp3) is 0.250. The summed E-state index contributed by atoms with van der Waals surface area (Å²) in [7, 11) is 0. The zero-order valence-corrected chi connectivity index (χ0v) is 22.1. The fourth-order valence-electron chi connectivity index (χ4n) is 2.71. The van der Waals surface area contributed by atoms with E-state index in [1.54, 1.807) is 17.8 Å². The van der Waals surface area contributed by atoms with Crippen molar-refractivity contribution in [2.24, 2.45) is 0 Å². The predicted octanol–water partition coefficient (Wildman–Crippen LogP) is 7.73. The SMILES string of the molecule is CCn1c(CSCc2ccc(Cl)cc2Cl)nnc1SCC(=O)Nc1c(Cl)cc(Cl)cc1Cl. The maximum Gasteiger partial charge on any atom is 0.234 e. The number of carbonyl (C=O) groups excluding carboxylic acids is 1. The summed E-state index contributed by atoms with van der Waals surface area (Å²) in [5.74, 6) is 2.07. The van der Waals surface area contributed by atoms with Crippen molar-refractivity contribution in [2.45, 2.75) is 30.1 Å². The Morgan fingerprint density at radius 2 is 1.66 bits per heavy atom. The van der Waals surface area contributed by atoms with Crippen molar-refractivity contribution in [1.82, 2.24) is 14.8 Å². The van der Waals surface area contributed by atoms with E-state index >= 15 is 0 Å². The summed E-state index contributed by atoms with van der Waals surface area (Å²) in [6.45, 7) is 2.69. The molecule has 32 heavy (non-hydrogen) atoms. The van der Waals surface area contributed by atoms with Gasteiger partial charge in [-0.25, -0.2) is 0 Å². The quantitative estimate of drug-likeness (QED) is 0.267. The summed E-state index contributed by atoms with van der Waals surface area (Å²) in [5.41, 5.74) is 1.34. The van der Waals surface area contributed by atoms with Crippen LogP contribution >= 0.6 is 81.5 Å². The van der Waals surface area contributed by atoms with Crippen LogP contribution in [0.3, 0.4) is 0 Å². The van der Waals surface area contributed by atoms with Gasteiger partial charge in [0.2, 0.25) is 5.91 Å². The predicted molar refractivity (Wildman–Crippen MR) is 138 cm³/mol. The number of halogens is 5. The molecule has 5 nitrogen and oxygen atoms in total. The molecule has 3 rings (SSSR count). The number of carbonyl (C=O) groups is 1. The van der Waals surface area contributed by atoms with Crippen molar-refractivity contribution >= 4 is 93.1 Å². The van der Waals surface area contributed by atoms with Crippen LogP contribution in [0, 0.1) is 0 Å². The van der Waals surface area contributed by atoms with E-state index in [4.69, 9.17) is 58.0 Å². The van der Waals surface area contributed by atoms with Gasteiger partial charge in [0.15, 0.2) is 5.16 Å². The van der Waals surface area contributed by atoms with Crippen LogP contribution < -0.4 is 5.32 Å². The first kappa shape index (κ1) is 25.8. The lowest BCUT2D eigenvalue weighted by Gasteiger charge is -2.10. The number of anilines is 1. The number of amides is 1. The highest BCUT2D eigenvalue weighted by atomic mass is 35.5. The molecule has 0 unspecified atom stereocenters. The second kappa shape index (κ2) is 12.1. The van der Waals surface area contributed by atoms with Crippen molar-refractivity contribution in [3.8, 4) is 0 Å². The number of thioether (sulfide) groups is 2. The Balaban J connectivity index is 1.57. The van der Waals surface area contributed by atoms with E-state index in [0.29, 0.717) is 38.2 Å². The molecular formula is C20H17Cl5N4OS2. The van der Waals surface area contributed by atoms with E-state index in [9.17, 15) is 4.79 Å². The molecule has 1 aromatic heterocycles. The number of nitrogens with zero attached hydrogens (tertiary/aromatic N) is 3. The van der Waals surface area contributed by atoms with Crippen LogP contribution in [0.1, 0.15) is 18.3 Å². The minimum absolute atomic E-state index is 0.126. The van der Waals surface area contributed by atoms with Crippen LogP contribution in [-0.4, -0.2) is 26.4 Å². The van der Waals surface area contributed by atoms with Gasteiger partial charge in [-0.15, -0.1) is 22.0 Å². The van der Waals surface area contributed by atoms with Gasteiger partial charge in [0.05, 0.1) is 27.2 Å². The number of nitrogens with one attached hydrogen (secondary N) is 1. The molecule has 1 N–H and O–H groups in total. The van der Waals surface area contributed by atoms with Gasteiger partial charge >= 0.3 is 0 Å². The highest BCUT2D eigenvalue weighted by Gasteiger charge is 2.16. The molecule has 0 aliphatic rings. The first-order valence-corrected chi connectivity index (χ1v) is 13.3. The van der Waals surface area contributed by atoms with Crippen LogP contribution in [0.2, 0.25) is 25.1 Å². The van der Waals surface area contributed by atoms with Crippen molar-refractivity contribution in [2.75, 3.05) is 11.1 Å². The smallest absolute Gasteiger partial charge is 0.234 e. The van der Waals surface area contributed by atoms with Gasteiger partial charge in [0.1, 0.15) is 5.82 Å². The van der Waals surface area contributed by atoms with Crippen molar-refractivity contribution in [3.05, 3.63) is 66.8 Å². The van der Waals surface area contributed by atoms with Crippen LogP contribution in [-0.2, 0) is 22.8 Å². The van der Waals surface area contributed by atoms with E-state index in [0.717, 1.165) is 17.1 Å². The third-order valence-electron chi connectivity index (χ3n) is 4.22. The van der Waals surface area contributed by atoms with Gasteiger partial charge < -0.3 is 9.88 Å². The Labute approximate surface area is 219 Å². The van der Waals surface area contributed by atoms with Crippen LogP contribution in [0.25, 0.3) is 0 Å². The summed E-state index contributed by atoms with van der Waals surface area (Å²) >= 11 is 33.3. The average molecular weight is 571 g/mol. The van der Waals surface area contributed by atoms with Gasteiger partial charge in [-0.05, 0) is 36.8 Å². The molecule has 12 heteroatoms. The number of hydrogen-bond donors (Lipinski definition) is 1. The van der Waals surface area contributed by atoms with Crippen LogP contribution in [0.5, 0.6) is 0 Å². The van der Waals surface area contributed by atoms with Crippen LogP contribution in [0.15, 0.2) is 35.5 Å². The molecule has 1 amide bonds. The molecule has 0 spiro atoms. The topological polar surface area (TPSA) is 59.8 Å². The molecular weight excluding hydrogens is 554 g/mol. The molecule has 0 aliphatic heterocycles. The minimum atomic E-state index is -0.264. The molecule has 0 fully saturated rings. The highest BCUT2D eigenvalue weighted by Crippen LogP contribution is 2.34. The second-order valence-electron chi connectivity index (χ2n) is 6.45. The molecule has 0 bridgehead atoms. The molecule has 170 valence electrons.